The van der Waals surface area contributed by atoms with Crippen LogP contribution in [0.3, 0.4) is 0 Å². The molecule has 22 heavy (non-hydrogen) atoms. The second kappa shape index (κ2) is 7.65. The Morgan fingerprint density at radius 2 is 2.27 bits per heavy atom. The predicted molar refractivity (Wildman–Crippen MR) is 82.8 cm³/mol. The zero-order chi connectivity index (χ0) is 15.9. The molecule has 0 spiro atoms. The van der Waals surface area contributed by atoms with E-state index in [1.165, 1.54) is 0 Å². The Kier molecular flexibility index (Phi) is 5.60. The topological polar surface area (TPSA) is 75.9 Å². The van der Waals surface area contributed by atoms with Crippen LogP contribution in [0.15, 0.2) is 30.7 Å². The second-order valence-electron chi connectivity index (χ2n) is 5.26. The minimum absolute atomic E-state index is 0.0448. The lowest BCUT2D eigenvalue weighted by atomic mass is 10.3. The Balaban J connectivity index is 1.84. The molecule has 7 heteroatoms. The van der Waals surface area contributed by atoms with Gasteiger partial charge >= 0.3 is 0 Å². The van der Waals surface area contributed by atoms with Crippen LogP contribution in [-0.4, -0.2) is 44.1 Å². The van der Waals surface area contributed by atoms with Gasteiger partial charge in [0, 0.05) is 19.3 Å². The van der Waals surface area contributed by atoms with E-state index in [-0.39, 0.29) is 11.9 Å². The lowest BCUT2D eigenvalue weighted by Gasteiger charge is -2.18. The molecule has 0 aliphatic rings. The SMILES string of the molecule is CCn1cnnc1[C@H](C)NC(=O)CN(C)Cc1ccccn1. The van der Waals surface area contributed by atoms with E-state index in [1.54, 1.807) is 12.5 Å². The monoisotopic (exact) mass is 302 g/mol. The molecule has 0 fully saturated rings. The predicted octanol–water partition coefficient (Wildman–Crippen LogP) is 1.00. The summed E-state index contributed by atoms with van der Waals surface area (Å²) in [6.45, 7) is 5.64. The lowest BCUT2D eigenvalue weighted by molar-refractivity contribution is -0.122. The van der Waals surface area contributed by atoms with Crippen molar-refractivity contribution in [3.63, 3.8) is 0 Å². The van der Waals surface area contributed by atoms with Gasteiger partial charge in [-0.05, 0) is 33.0 Å². The molecule has 1 N–H and O–H groups in total. The van der Waals surface area contributed by atoms with Gasteiger partial charge in [-0.3, -0.25) is 14.7 Å². The molecule has 0 saturated heterocycles. The molecular weight excluding hydrogens is 280 g/mol. The van der Waals surface area contributed by atoms with Crippen LogP contribution in [0.5, 0.6) is 0 Å². The van der Waals surface area contributed by atoms with Gasteiger partial charge in [-0.25, -0.2) is 0 Å². The summed E-state index contributed by atoms with van der Waals surface area (Å²) < 4.78 is 1.92. The maximum atomic E-state index is 12.1. The molecule has 0 aliphatic heterocycles. The quantitative estimate of drug-likeness (QED) is 0.826. The highest BCUT2D eigenvalue weighted by atomic mass is 16.2. The largest absolute Gasteiger partial charge is 0.345 e. The fourth-order valence-electron chi connectivity index (χ4n) is 2.26. The summed E-state index contributed by atoms with van der Waals surface area (Å²) in [5.41, 5.74) is 0.941. The summed E-state index contributed by atoms with van der Waals surface area (Å²) in [6, 6.07) is 5.59. The van der Waals surface area contributed by atoms with Crippen LogP contribution >= 0.6 is 0 Å². The third-order valence-corrected chi connectivity index (χ3v) is 3.32. The number of carbonyl (C=O) groups excluding carboxylic acids is 1. The number of carbonyl (C=O) groups is 1. The zero-order valence-electron chi connectivity index (χ0n) is 13.2. The summed E-state index contributed by atoms with van der Waals surface area (Å²) in [7, 11) is 1.90. The van der Waals surface area contributed by atoms with Gasteiger partial charge < -0.3 is 9.88 Å². The van der Waals surface area contributed by atoms with Crippen LogP contribution in [0.1, 0.15) is 31.4 Å². The Labute approximate surface area is 130 Å². The van der Waals surface area contributed by atoms with Gasteiger partial charge in [0.05, 0.1) is 18.3 Å². The standard InChI is InChI=1S/C15H22N6O/c1-4-21-11-17-19-15(21)12(2)18-14(22)10-20(3)9-13-7-5-6-8-16-13/h5-8,11-12H,4,9-10H2,1-3H3,(H,18,22)/t12-/m0/s1. The number of pyridine rings is 1. The van der Waals surface area contributed by atoms with E-state index >= 15 is 0 Å². The molecule has 0 saturated carbocycles. The van der Waals surface area contributed by atoms with Crippen molar-refractivity contribution in [2.75, 3.05) is 13.6 Å². The van der Waals surface area contributed by atoms with Gasteiger partial charge in [0.2, 0.25) is 5.91 Å². The minimum Gasteiger partial charge on any atom is -0.345 e. The first-order valence-corrected chi connectivity index (χ1v) is 7.35. The van der Waals surface area contributed by atoms with Crippen molar-refractivity contribution in [3.8, 4) is 0 Å². The Hall–Kier alpha value is -2.28. The molecule has 0 bridgehead atoms. The number of nitrogens with one attached hydrogen (secondary N) is 1. The minimum atomic E-state index is -0.168. The van der Waals surface area contributed by atoms with Crippen molar-refractivity contribution in [2.45, 2.75) is 33.0 Å². The third kappa shape index (κ3) is 4.36. The van der Waals surface area contributed by atoms with Gasteiger partial charge in [-0.1, -0.05) is 6.07 Å². The third-order valence-electron chi connectivity index (χ3n) is 3.32. The van der Waals surface area contributed by atoms with E-state index in [0.29, 0.717) is 13.1 Å². The summed E-state index contributed by atoms with van der Waals surface area (Å²) >= 11 is 0. The van der Waals surface area contributed by atoms with E-state index in [0.717, 1.165) is 18.1 Å². The molecule has 1 atom stereocenters. The Morgan fingerprint density at radius 1 is 1.45 bits per heavy atom. The first-order valence-electron chi connectivity index (χ1n) is 7.35. The van der Waals surface area contributed by atoms with Crippen molar-refractivity contribution < 1.29 is 4.79 Å². The van der Waals surface area contributed by atoms with Crippen molar-refractivity contribution in [1.29, 1.82) is 0 Å². The first kappa shape index (κ1) is 16.1. The van der Waals surface area contributed by atoms with E-state index in [4.69, 9.17) is 0 Å². The van der Waals surface area contributed by atoms with Crippen molar-refractivity contribution >= 4 is 5.91 Å². The molecule has 0 aliphatic carbocycles. The molecule has 0 aromatic carbocycles. The number of hydrogen-bond acceptors (Lipinski definition) is 5. The average Bonchev–Trinajstić information content (AvgIpc) is 2.96. The van der Waals surface area contributed by atoms with Crippen LogP contribution in [0, 0.1) is 0 Å². The molecule has 2 aromatic rings. The molecule has 2 aromatic heterocycles. The number of aromatic nitrogens is 4. The molecule has 118 valence electrons. The highest BCUT2D eigenvalue weighted by Crippen LogP contribution is 2.08. The first-order chi connectivity index (χ1) is 10.6. The maximum absolute atomic E-state index is 12.1. The smallest absolute Gasteiger partial charge is 0.234 e. The van der Waals surface area contributed by atoms with Crippen LogP contribution in [0.4, 0.5) is 0 Å². The molecule has 0 radical (unpaired) electrons. The molecular formula is C15H22N6O. The van der Waals surface area contributed by atoms with Crippen LogP contribution < -0.4 is 5.32 Å². The summed E-state index contributed by atoms with van der Waals surface area (Å²) in [6.07, 6.45) is 3.42. The number of rotatable bonds is 7. The fraction of sp³-hybridized carbons (Fsp3) is 0.467. The van der Waals surface area contributed by atoms with Crippen LogP contribution in [0.25, 0.3) is 0 Å². The van der Waals surface area contributed by atoms with Gasteiger partial charge in [0.1, 0.15) is 6.33 Å². The van der Waals surface area contributed by atoms with Gasteiger partial charge in [0.15, 0.2) is 5.82 Å². The lowest BCUT2D eigenvalue weighted by Crippen LogP contribution is -2.37. The number of nitrogens with zero attached hydrogens (tertiary/aromatic N) is 5. The Bertz CT molecular complexity index is 597. The average molecular weight is 302 g/mol. The van der Waals surface area contributed by atoms with E-state index in [2.05, 4.69) is 20.5 Å². The van der Waals surface area contributed by atoms with Crippen molar-refractivity contribution in [3.05, 3.63) is 42.2 Å². The molecule has 2 heterocycles. The maximum Gasteiger partial charge on any atom is 0.234 e. The number of amides is 1. The summed E-state index contributed by atoms with van der Waals surface area (Å²) in [5, 5.41) is 10.9. The molecule has 1 amide bonds. The molecule has 2 rings (SSSR count). The highest BCUT2D eigenvalue weighted by molar-refractivity contribution is 5.78. The van der Waals surface area contributed by atoms with Crippen LogP contribution in [-0.2, 0) is 17.9 Å². The van der Waals surface area contributed by atoms with Gasteiger partial charge in [-0.2, -0.15) is 0 Å². The fourth-order valence-corrected chi connectivity index (χ4v) is 2.26. The van der Waals surface area contributed by atoms with Gasteiger partial charge in [-0.15, -0.1) is 10.2 Å². The second-order valence-corrected chi connectivity index (χ2v) is 5.26. The van der Waals surface area contributed by atoms with E-state index in [9.17, 15) is 4.79 Å². The summed E-state index contributed by atoms with van der Waals surface area (Å²) in [5.74, 6) is 0.722. The summed E-state index contributed by atoms with van der Waals surface area (Å²) in [4.78, 5) is 18.3. The van der Waals surface area contributed by atoms with E-state index < -0.39 is 0 Å². The normalized spacial score (nSPS) is 12.4. The zero-order valence-corrected chi connectivity index (χ0v) is 13.2. The van der Waals surface area contributed by atoms with Crippen LogP contribution in [0.2, 0.25) is 0 Å². The highest BCUT2D eigenvalue weighted by Gasteiger charge is 2.16. The molecule has 0 unspecified atom stereocenters. The van der Waals surface area contributed by atoms with Gasteiger partial charge in [0.25, 0.3) is 0 Å². The van der Waals surface area contributed by atoms with Crippen molar-refractivity contribution in [1.82, 2.24) is 30.0 Å². The number of hydrogen-bond donors (Lipinski definition) is 1. The van der Waals surface area contributed by atoms with E-state index in [1.807, 2.05) is 48.6 Å². The number of aryl methyl sites for hydroxylation is 1. The van der Waals surface area contributed by atoms with Crippen molar-refractivity contribution in [2.24, 2.45) is 0 Å². The Morgan fingerprint density at radius 3 is 2.95 bits per heavy atom. The molecule has 7 nitrogen and oxygen atoms in total. The number of likely N-dealkylation sites (N-methyl/N-ethyl adjacent to an activating group) is 1.